The molecule has 4 nitrogen and oxygen atoms in total. The van der Waals surface area contributed by atoms with Gasteiger partial charge < -0.3 is 10.1 Å². The minimum atomic E-state index is -0.624. The van der Waals surface area contributed by atoms with Gasteiger partial charge in [0.1, 0.15) is 6.04 Å². The van der Waals surface area contributed by atoms with Crippen molar-refractivity contribution in [1.82, 2.24) is 5.32 Å². The van der Waals surface area contributed by atoms with Crippen LogP contribution in [0.3, 0.4) is 0 Å². The summed E-state index contributed by atoms with van der Waals surface area (Å²) in [6.07, 6.45) is 0.776. The van der Waals surface area contributed by atoms with Crippen LogP contribution in [-0.4, -0.2) is 25.0 Å². The highest BCUT2D eigenvalue weighted by molar-refractivity contribution is 9.10. The molecule has 19 heavy (non-hydrogen) atoms. The molecule has 0 spiro atoms. The van der Waals surface area contributed by atoms with E-state index < -0.39 is 12.0 Å². The number of carbonyl (C=O) groups excluding carboxylic acids is 2. The summed E-state index contributed by atoms with van der Waals surface area (Å²) >= 11 is 3.31. The summed E-state index contributed by atoms with van der Waals surface area (Å²) < 4.78 is 5.55. The fourth-order valence-corrected chi connectivity index (χ4v) is 2.05. The zero-order valence-electron chi connectivity index (χ0n) is 11.3. The van der Waals surface area contributed by atoms with Crippen molar-refractivity contribution in [2.75, 3.05) is 7.11 Å². The summed E-state index contributed by atoms with van der Waals surface area (Å²) in [5, 5.41) is 2.73. The van der Waals surface area contributed by atoms with E-state index in [1.165, 1.54) is 7.11 Å². The highest BCUT2D eigenvalue weighted by Gasteiger charge is 2.26. The lowest BCUT2D eigenvalue weighted by atomic mass is 9.99. The second kappa shape index (κ2) is 7.28. The molecule has 1 rings (SSSR count). The fourth-order valence-electron chi connectivity index (χ4n) is 1.65. The Kier molecular flexibility index (Phi) is 6.02. The number of rotatable bonds is 5. The molecule has 1 aromatic carbocycles. The number of benzene rings is 1. The third kappa shape index (κ3) is 4.35. The lowest BCUT2D eigenvalue weighted by molar-refractivity contribution is -0.144. The number of esters is 1. The highest BCUT2D eigenvalue weighted by atomic mass is 79.9. The van der Waals surface area contributed by atoms with E-state index in [0.29, 0.717) is 5.56 Å². The Morgan fingerprint density at radius 2 is 2.11 bits per heavy atom. The molecule has 1 N–H and O–H groups in total. The molecule has 104 valence electrons. The fraction of sp³-hybridized carbons (Fsp3) is 0.429. The number of ether oxygens (including phenoxy) is 1. The third-order valence-electron chi connectivity index (χ3n) is 3.04. The number of carbonyl (C=O) groups is 2. The van der Waals surface area contributed by atoms with E-state index in [0.717, 1.165) is 10.9 Å². The van der Waals surface area contributed by atoms with Gasteiger partial charge in [0.15, 0.2) is 0 Å². The summed E-state index contributed by atoms with van der Waals surface area (Å²) in [4.78, 5) is 23.8. The van der Waals surface area contributed by atoms with Gasteiger partial charge in [-0.25, -0.2) is 4.79 Å². The lowest BCUT2D eigenvalue weighted by Gasteiger charge is -2.21. The van der Waals surface area contributed by atoms with Crippen LogP contribution in [0.15, 0.2) is 28.7 Å². The Morgan fingerprint density at radius 3 is 2.63 bits per heavy atom. The Bertz CT molecular complexity index is 462. The van der Waals surface area contributed by atoms with Crippen molar-refractivity contribution in [2.45, 2.75) is 26.3 Å². The second-order valence-electron chi connectivity index (χ2n) is 4.37. The number of amides is 1. The first-order valence-corrected chi connectivity index (χ1v) is 6.93. The molecule has 0 bridgehead atoms. The SMILES string of the molecule is CCC(C)[C@@H](NC(=O)c1cccc(Br)c1)C(=O)OC. The van der Waals surface area contributed by atoms with Crippen LogP contribution in [0.2, 0.25) is 0 Å². The first kappa shape index (κ1) is 15.7. The summed E-state index contributed by atoms with van der Waals surface area (Å²) in [5.74, 6) is -0.682. The van der Waals surface area contributed by atoms with E-state index in [9.17, 15) is 9.59 Å². The molecule has 0 saturated carbocycles. The number of nitrogens with one attached hydrogen (secondary N) is 1. The number of hydrogen-bond donors (Lipinski definition) is 1. The molecule has 0 aliphatic carbocycles. The predicted molar refractivity (Wildman–Crippen MR) is 76.9 cm³/mol. The van der Waals surface area contributed by atoms with Crippen LogP contribution in [0.25, 0.3) is 0 Å². The molecule has 1 aromatic rings. The van der Waals surface area contributed by atoms with E-state index in [4.69, 9.17) is 4.74 Å². The zero-order chi connectivity index (χ0) is 14.4. The van der Waals surface area contributed by atoms with Gasteiger partial charge in [0.05, 0.1) is 7.11 Å². The summed E-state index contributed by atoms with van der Waals surface area (Å²) in [6, 6.07) is 6.39. The first-order valence-electron chi connectivity index (χ1n) is 6.13. The van der Waals surface area contributed by atoms with E-state index in [2.05, 4.69) is 21.2 Å². The van der Waals surface area contributed by atoms with Gasteiger partial charge in [0, 0.05) is 10.0 Å². The lowest BCUT2D eigenvalue weighted by Crippen LogP contribution is -2.45. The molecule has 0 saturated heterocycles. The molecule has 1 unspecified atom stereocenters. The monoisotopic (exact) mass is 327 g/mol. The summed E-state index contributed by atoms with van der Waals surface area (Å²) in [5.41, 5.74) is 0.506. The molecule has 1 amide bonds. The Hall–Kier alpha value is -1.36. The maximum atomic E-state index is 12.1. The molecular weight excluding hydrogens is 310 g/mol. The number of halogens is 1. The van der Waals surface area contributed by atoms with Gasteiger partial charge in [-0.1, -0.05) is 42.3 Å². The number of methoxy groups -OCH3 is 1. The van der Waals surface area contributed by atoms with Gasteiger partial charge in [0.2, 0.25) is 0 Å². The molecule has 5 heteroatoms. The maximum absolute atomic E-state index is 12.1. The van der Waals surface area contributed by atoms with Crippen LogP contribution in [-0.2, 0) is 9.53 Å². The van der Waals surface area contributed by atoms with Gasteiger partial charge in [-0.15, -0.1) is 0 Å². The van der Waals surface area contributed by atoms with E-state index in [1.54, 1.807) is 18.2 Å². The minimum Gasteiger partial charge on any atom is -0.467 e. The van der Waals surface area contributed by atoms with Crippen molar-refractivity contribution >= 4 is 27.8 Å². The van der Waals surface area contributed by atoms with Crippen molar-refractivity contribution in [2.24, 2.45) is 5.92 Å². The van der Waals surface area contributed by atoms with Gasteiger partial charge in [0.25, 0.3) is 5.91 Å². The largest absolute Gasteiger partial charge is 0.467 e. The topological polar surface area (TPSA) is 55.4 Å². The van der Waals surface area contributed by atoms with E-state index >= 15 is 0 Å². The molecule has 0 aliphatic rings. The normalized spacial score (nSPS) is 13.5. The van der Waals surface area contributed by atoms with Crippen LogP contribution in [0.5, 0.6) is 0 Å². The van der Waals surface area contributed by atoms with Gasteiger partial charge >= 0.3 is 5.97 Å². The average molecular weight is 328 g/mol. The van der Waals surface area contributed by atoms with Gasteiger partial charge in [-0.05, 0) is 24.1 Å². The van der Waals surface area contributed by atoms with Crippen molar-refractivity contribution in [3.05, 3.63) is 34.3 Å². The summed E-state index contributed by atoms with van der Waals surface area (Å²) in [6.45, 7) is 3.87. The molecule has 0 aromatic heterocycles. The quantitative estimate of drug-likeness (QED) is 0.846. The van der Waals surface area contributed by atoms with Crippen molar-refractivity contribution in [3.8, 4) is 0 Å². The molecule has 2 atom stereocenters. The maximum Gasteiger partial charge on any atom is 0.328 e. The van der Waals surface area contributed by atoms with Crippen LogP contribution < -0.4 is 5.32 Å². The molecule has 0 heterocycles. The van der Waals surface area contributed by atoms with Crippen molar-refractivity contribution < 1.29 is 14.3 Å². The predicted octanol–water partition coefficient (Wildman–Crippen LogP) is 2.77. The third-order valence-corrected chi connectivity index (χ3v) is 3.53. The zero-order valence-corrected chi connectivity index (χ0v) is 12.9. The van der Waals surface area contributed by atoms with Crippen LogP contribution in [0.4, 0.5) is 0 Å². The first-order chi connectivity index (χ1) is 8.99. The Balaban J connectivity index is 2.84. The summed E-state index contributed by atoms with van der Waals surface area (Å²) in [7, 11) is 1.32. The van der Waals surface area contributed by atoms with Crippen LogP contribution >= 0.6 is 15.9 Å². The van der Waals surface area contributed by atoms with E-state index in [-0.39, 0.29) is 11.8 Å². The smallest absolute Gasteiger partial charge is 0.328 e. The van der Waals surface area contributed by atoms with Crippen LogP contribution in [0.1, 0.15) is 30.6 Å². The highest BCUT2D eigenvalue weighted by Crippen LogP contribution is 2.14. The molecular formula is C14H18BrNO3. The molecule has 0 aliphatic heterocycles. The van der Waals surface area contributed by atoms with Gasteiger partial charge in [-0.2, -0.15) is 0 Å². The molecule has 0 fully saturated rings. The minimum absolute atomic E-state index is 0.0172. The van der Waals surface area contributed by atoms with Crippen molar-refractivity contribution in [1.29, 1.82) is 0 Å². The second-order valence-corrected chi connectivity index (χ2v) is 5.29. The Labute approximate surface area is 121 Å². The van der Waals surface area contributed by atoms with Crippen LogP contribution in [0, 0.1) is 5.92 Å². The molecule has 0 radical (unpaired) electrons. The standard InChI is InChI=1S/C14H18BrNO3/c1-4-9(2)12(14(18)19-3)16-13(17)10-6-5-7-11(15)8-10/h5-9,12H,4H2,1-3H3,(H,16,17)/t9?,12-/m1/s1. The average Bonchev–Trinajstić information content (AvgIpc) is 2.42. The van der Waals surface area contributed by atoms with E-state index in [1.807, 2.05) is 19.9 Å². The number of hydrogen-bond acceptors (Lipinski definition) is 3. The van der Waals surface area contributed by atoms with Crippen molar-refractivity contribution in [3.63, 3.8) is 0 Å². The van der Waals surface area contributed by atoms with Gasteiger partial charge in [-0.3, -0.25) is 4.79 Å². The Morgan fingerprint density at radius 1 is 1.42 bits per heavy atom.